The van der Waals surface area contributed by atoms with Crippen LogP contribution in [0.15, 0.2) is 60.1 Å². The molecule has 0 radical (unpaired) electrons. The second kappa shape index (κ2) is 8.30. The molecule has 1 fully saturated rings. The van der Waals surface area contributed by atoms with Gasteiger partial charge in [0.25, 0.3) is 5.91 Å². The molecule has 152 valence electrons. The Morgan fingerprint density at radius 1 is 1.23 bits per heavy atom. The average Bonchev–Trinajstić information content (AvgIpc) is 3.53. The molecule has 0 spiro atoms. The molecule has 1 amide bonds. The molecule has 1 atom stereocenters. The summed E-state index contributed by atoms with van der Waals surface area (Å²) in [6.45, 7) is 1.23. The van der Waals surface area contributed by atoms with E-state index in [0.29, 0.717) is 23.1 Å². The van der Waals surface area contributed by atoms with Gasteiger partial charge in [0, 0.05) is 34.7 Å². The van der Waals surface area contributed by atoms with Gasteiger partial charge in [0.2, 0.25) is 0 Å². The normalized spacial score (nSPS) is 16.1. The van der Waals surface area contributed by atoms with Crippen LogP contribution in [0.3, 0.4) is 0 Å². The van der Waals surface area contributed by atoms with Crippen molar-refractivity contribution in [2.75, 3.05) is 18.5 Å². The number of anilines is 1. The van der Waals surface area contributed by atoms with Crippen LogP contribution in [0.4, 0.5) is 5.13 Å². The van der Waals surface area contributed by atoms with Gasteiger partial charge in [0.1, 0.15) is 12.4 Å². The number of fused-ring (bicyclic) bond motifs is 1. The van der Waals surface area contributed by atoms with E-state index in [1.54, 1.807) is 6.07 Å². The Morgan fingerprint density at radius 2 is 2.10 bits per heavy atom. The van der Waals surface area contributed by atoms with Crippen molar-refractivity contribution in [3.63, 3.8) is 0 Å². The molecule has 5 rings (SSSR count). The highest BCUT2D eigenvalue weighted by Gasteiger charge is 2.19. The number of para-hydroxylation sites is 2. The van der Waals surface area contributed by atoms with E-state index in [4.69, 9.17) is 9.47 Å². The van der Waals surface area contributed by atoms with Crippen molar-refractivity contribution < 1.29 is 14.3 Å². The van der Waals surface area contributed by atoms with Crippen molar-refractivity contribution in [1.82, 2.24) is 9.97 Å². The molecule has 2 aromatic heterocycles. The standard InChI is InChI=1S/C23H21N3O3S/c27-22(17-8-2-4-10-21(17)29-13-15-6-5-11-28-15)26-23-25-20(14-30-23)18-12-24-19-9-3-1-7-16(18)19/h1-4,7-10,12,14-15,24H,5-6,11,13H2,(H,25,26,27). The number of nitrogens with zero attached hydrogens (tertiary/aromatic N) is 1. The van der Waals surface area contributed by atoms with Gasteiger partial charge in [-0.25, -0.2) is 4.98 Å². The number of hydrogen-bond acceptors (Lipinski definition) is 5. The minimum absolute atomic E-state index is 0.0961. The van der Waals surface area contributed by atoms with E-state index in [1.165, 1.54) is 11.3 Å². The molecule has 1 aliphatic rings. The van der Waals surface area contributed by atoms with Crippen molar-refractivity contribution in [3.05, 3.63) is 65.7 Å². The van der Waals surface area contributed by atoms with Crippen molar-refractivity contribution in [2.24, 2.45) is 0 Å². The average molecular weight is 420 g/mol. The Hall–Kier alpha value is -3.16. The molecule has 1 saturated heterocycles. The van der Waals surface area contributed by atoms with Crippen molar-refractivity contribution in [1.29, 1.82) is 0 Å². The third kappa shape index (κ3) is 3.81. The summed E-state index contributed by atoms with van der Waals surface area (Å²) in [6.07, 6.45) is 4.08. The van der Waals surface area contributed by atoms with Crippen molar-refractivity contribution in [2.45, 2.75) is 18.9 Å². The molecule has 6 nitrogen and oxygen atoms in total. The summed E-state index contributed by atoms with van der Waals surface area (Å²) in [4.78, 5) is 20.7. The highest BCUT2D eigenvalue weighted by Crippen LogP contribution is 2.31. The Balaban J connectivity index is 1.31. The Labute approximate surface area is 177 Å². The van der Waals surface area contributed by atoms with Crippen LogP contribution in [0, 0.1) is 0 Å². The molecule has 1 aliphatic heterocycles. The third-order valence-electron chi connectivity index (χ3n) is 5.17. The van der Waals surface area contributed by atoms with Crippen LogP contribution >= 0.6 is 11.3 Å². The van der Waals surface area contributed by atoms with Gasteiger partial charge in [-0.15, -0.1) is 11.3 Å². The molecular weight excluding hydrogens is 398 g/mol. The molecule has 4 aromatic rings. The highest BCUT2D eigenvalue weighted by atomic mass is 32.1. The van der Waals surface area contributed by atoms with Crippen LogP contribution < -0.4 is 10.1 Å². The topological polar surface area (TPSA) is 76.2 Å². The number of aromatic amines is 1. The zero-order valence-electron chi connectivity index (χ0n) is 16.3. The van der Waals surface area contributed by atoms with Crippen molar-refractivity contribution in [3.8, 4) is 17.0 Å². The van der Waals surface area contributed by atoms with Crippen LogP contribution in [0.5, 0.6) is 5.75 Å². The summed E-state index contributed by atoms with van der Waals surface area (Å²) in [5.41, 5.74) is 3.39. The van der Waals surface area contributed by atoms with Gasteiger partial charge in [-0.3, -0.25) is 10.1 Å². The Bertz CT molecular complexity index is 1180. The molecule has 1 unspecified atom stereocenters. The maximum atomic E-state index is 12.9. The maximum Gasteiger partial charge on any atom is 0.261 e. The van der Waals surface area contributed by atoms with E-state index in [0.717, 1.165) is 41.6 Å². The lowest BCUT2D eigenvalue weighted by atomic mass is 10.1. The number of benzene rings is 2. The van der Waals surface area contributed by atoms with Gasteiger partial charge < -0.3 is 14.5 Å². The van der Waals surface area contributed by atoms with Gasteiger partial charge in [0.15, 0.2) is 5.13 Å². The molecule has 3 heterocycles. The van der Waals surface area contributed by atoms with E-state index in [2.05, 4.69) is 21.4 Å². The van der Waals surface area contributed by atoms with E-state index in [-0.39, 0.29) is 12.0 Å². The number of amides is 1. The molecule has 2 N–H and O–H groups in total. The maximum absolute atomic E-state index is 12.9. The zero-order valence-corrected chi connectivity index (χ0v) is 17.1. The summed E-state index contributed by atoms with van der Waals surface area (Å²) >= 11 is 1.40. The van der Waals surface area contributed by atoms with Crippen LogP contribution in [-0.2, 0) is 4.74 Å². The first-order valence-corrected chi connectivity index (χ1v) is 10.8. The van der Waals surface area contributed by atoms with Crippen molar-refractivity contribution >= 4 is 33.3 Å². The summed E-state index contributed by atoms with van der Waals surface area (Å²) in [7, 11) is 0. The fourth-order valence-corrected chi connectivity index (χ4v) is 4.35. The number of thiazole rings is 1. The molecule has 0 saturated carbocycles. The van der Waals surface area contributed by atoms with Crippen LogP contribution in [0.25, 0.3) is 22.2 Å². The molecule has 2 aromatic carbocycles. The lowest BCUT2D eigenvalue weighted by Crippen LogP contribution is -2.19. The van der Waals surface area contributed by atoms with Gasteiger partial charge in [0.05, 0.1) is 17.4 Å². The predicted octanol–water partition coefficient (Wildman–Crippen LogP) is 5.10. The number of hydrogen-bond donors (Lipinski definition) is 2. The minimum Gasteiger partial charge on any atom is -0.490 e. The third-order valence-corrected chi connectivity index (χ3v) is 5.93. The van der Waals surface area contributed by atoms with Gasteiger partial charge in [-0.05, 0) is 31.0 Å². The molecular formula is C23H21N3O3S. The lowest BCUT2D eigenvalue weighted by molar-refractivity contribution is 0.0673. The predicted molar refractivity (Wildman–Crippen MR) is 118 cm³/mol. The Kier molecular flexibility index (Phi) is 5.21. The number of ether oxygens (including phenoxy) is 2. The summed E-state index contributed by atoms with van der Waals surface area (Å²) in [5.74, 6) is 0.316. The van der Waals surface area contributed by atoms with Crippen LogP contribution in [-0.4, -0.2) is 35.2 Å². The fourth-order valence-electron chi connectivity index (χ4n) is 3.64. The monoisotopic (exact) mass is 419 g/mol. The fraction of sp³-hybridized carbons (Fsp3) is 0.217. The number of H-pyrrole nitrogens is 1. The largest absolute Gasteiger partial charge is 0.490 e. The van der Waals surface area contributed by atoms with Crippen LogP contribution in [0.2, 0.25) is 0 Å². The number of rotatable bonds is 6. The minimum atomic E-state index is -0.238. The van der Waals surface area contributed by atoms with Crippen LogP contribution in [0.1, 0.15) is 23.2 Å². The smallest absolute Gasteiger partial charge is 0.261 e. The molecule has 0 aliphatic carbocycles. The molecule has 30 heavy (non-hydrogen) atoms. The first kappa shape index (κ1) is 18.8. The number of carbonyl (C=O) groups excluding carboxylic acids is 1. The Morgan fingerprint density at radius 3 is 3.00 bits per heavy atom. The first-order chi connectivity index (χ1) is 14.8. The molecule has 7 heteroatoms. The number of nitrogens with one attached hydrogen (secondary N) is 2. The van der Waals surface area contributed by atoms with E-state index in [9.17, 15) is 4.79 Å². The van der Waals surface area contributed by atoms with Gasteiger partial charge in [-0.1, -0.05) is 30.3 Å². The highest BCUT2D eigenvalue weighted by molar-refractivity contribution is 7.14. The summed E-state index contributed by atoms with van der Waals surface area (Å²) in [5, 5.41) is 6.51. The SMILES string of the molecule is O=C(Nc1nc(-c2c[nH]c3ccccc23)cs1)c1ccccc1OCC1CCCO1. The quantitative estimate of drug-likeness (QED) is 0.456. The summed E-state index contributed by atoms with van der Waals surface area (Å²) in [6, 6.07) is 15.3. The van der Waals surface area contributed by atoms with E-state index < -0.39 is 0 Å². The van der Waals surface area contributed by atoms with Gasteiger partial charge in [-0.2, -0.15) is 0 Å². The van der Waals surface area contributed by atoms with E-state index in [1.807, 2.05) is 48.0 Å². The number of aromatic nitrogens is 2. The second-order valence-electron chi connectivity index (χ2n) is 7.18. The first-order valence-electron chi connectivity index (χ1n) is 9.95. The van der Waals surface area contributed by atoms with E-state index >= 15 is 0 Å². The number of carbonyl (C=O) groups is 1. The zero-order chi connectivity index (χ0) is 20.3. The lowest BCUT2D eigenvalue weighted by Gasteiger charge is -2.14. The molecule has 0 bridgehead atoms. The van der Waals surface area contributed by atoms with Gasteiger partial charge >= 0.3 is 0 Å². The second-order valence-corrected chi connectivity index (χ2v) is 8.04. The summed E-state index contributed by atoms with van der Waals surface area (Å²) < 4.78 is 11.5.